The fourth-order valence-corrected chi connectivity index (χ4v) is 0. The van der Waals surface area contributed by atoms with Gasteiger partial charge in [-0.05, 0) is 0 Å². The molecule has 0 aliphatic heterocycles. The van der Waals surface area contributed by atoms with E-state index in [-0.39, 0.29) is 0 Å². The molecule has 0 amide bonds. The maximum absolute atomic E-state index is 8.69. The molecule has 1 N–H and O–H groups in total. The molecule has 0 saturated heterocycles. The number of rotatable bonds is 0. The third-order valence-corrected chi connectivity index (χ3v) is 0. The van der Waals surface area contributed by atoms with Crippen molar-refractivity contribution in [3.8, 4) is 5.40 Å². The minimum Gasteiger partial charge on any atom is -0.222 e. The van der Waals surface area contributed by atoms with Gasteiger partial charge in [-0.15, -0.1) is 0 Å². The van der Waals surface area contributed by atoms with Crippen LogP contribution in [-0.4, -0.2) is 6.08 Å². The second kappa shape index (κ2) is 29.4. The fraction of sp³-hybridized carbons (Fsp3) is 0. The van der Waals surface area contributed by atoms with Crippen LogP contribution in [0.1, 0.15) is 0 Å². The number of isocyanates is 1. The summed E-state index contributed by atoms with van der Waals surface area (Å²) in [6, 6.07) is 0. The molecule has 4 heteroatoms. The first-order chi connectivity index (χ1) is 3.33. The topological polar surface area (TPSA) is 64.7 Å². The van der Waals surface area contributed by atoms with E-state index in [4.69, 9.17) is 11.5 Å². The van der Waals surface area contributed by atoms with Crippen molar-refractivity contribution in [3.05, 3.63) is 0 Å². The number of thiol groups is 1. The van der Waals surface area contributed by atoms with E-state index < -0.39 is 0 Å². The van der Waals surface area contributed by atoms with Crippen LogP contribution in [0.5, 0.6) is 0 Å². The second-order valence-electron chi connectivity index (χ2n) is 0.191. The smallest absolute Gasteiger partial charge is 0.222 e. The molecule has 0 unspecified atom stereocenters. The zero-order valence-corrected chi connectivity index (χ0v) is 3.64. The number of nitriles is 1. The van der Waals surface area contributed by atoms with Gasteiger partial charge in [0.2, 0.25) is 7.49 Å². The lowest BCUT2D eigenvalue weighted by Gasteiger charge is -1.14. The van der Waals surface area contributed by atoms with E-state index in [9.17, 15) is 0 Å². The van der Waals surface area contributed by atoms with Crippen LogP contribution in [0.2, 0.25) is 1.41 Å². The summed E-state index contributed by atoms with van der Waals surface area (Å²) in [4.78, 5) is 8.69. The first-order valence-corrected chi connectivity index (χ1v) is 1.32. The highest BCUT2D eigenvalue weighted by Crippen LogP contribution is 1.46. The number of nitrogens with zero attached hydrogens (tertiary/aromatic N) is 1. The van der Waals surface area contributed by atoms with Crippen molar-refractivity contribution in [2.75, 3.05) is 0 Å². The van der Waals surface area contributed by atoms with E-state index >= 15 is 0 Å². The fourth-order valence-electron chi connectivity index (χ4n) is 0. The molecule has 0 aromatic carbocycles. The molecule has 0 aliphatic rings. The lowest BCUT2D eigenvalue weighted by molar-refractivity contribution is 0.563. The molecule has 0 aromatic rings. The van der Waals surface area contributed by atoms with Crippen LogP contribution in [-0.2, 0) is 4.79 Å². The minimum absolute atomic E-state index is 0.972. The van der Waals surface area contributed by atoms with Gasteiger partial charge < -0.3 is 0 Å². The van der Waals surface area contributed by atoms with E-state index in [2.05, 4.69) is 18.0 Å². The highest BCUT2D eigenvalue weighted by atomic mass is 32.1. The third-order valence-electron chi connectivity index (χ3n) is 0. The highest BCUT2D eigenvalue weighted by molar-refractivity contribution is 7.85. The molecule has 0 heterocycles. The SMILES string of the molecule is N#CS.[2H]N=C=O. The molecular weight excluding hydrogens is 100 g/mol. The summed E-state index contributed by atoms with van der Waals surface area (Å²) in [6.07, 6.45) is 0.972. The molecule has 0 saturated carbocycles. The predicted octanol–water partition coefficient (Wildman–Crippen LogP) is 0.298. The Kier molecular flexibility index (Phi) is 25.6. The van der Waals surface area contributed by atoms with Gasteiger partial charge in [-0.2, -0.15) is 5.26 Å². The maximum Gasteiger partial charge on any atom is 0.231 e. The average molecular weight is 103 g/mol. The molecular formula is C2H2N2OS. The summed E-state index contributed by atoms with van der Waals surface area (Å²) in [7, 11) is 0. The Hall–Kier alpha value is -0.780. The highest BCUT2D eigenvalue weighted by Gasteiger charge is 1.18. The van der Waals surface area contributed by atoms with E-state index in [1.54, 1.807) is 0 Å². The summed E-state index contributed by atoms with van der Waals surface area (Å²) in [5.41, 5.74) is 0. The van der Waals surface area contributed by atoms with Crippen LogP contribution in [0.25, 0.3) is 0 Å². The molecule has 0 atom stereocenters. The number of nitrogens with one attached hydrogen (secondary N) is 1. The Labute approximate surface area is 42.0 Å². The number of carbonyl (C=O) groups excluding carboxylic acids is 1. The maximum atomic E-state index is 8.69. The minimum atomic E-state index is 0.972. The molecule has 6 heavy (non-hydrogen) atoms. The predicted molar refractivity (Wildman–Crippen MR) is 23.0 cm³/mol. The van der Waals surface area contributed by atoms with E-state index in [0.29, 0.717) is 0 Å². The lowest BCUT2D eigenvalue weighted by atomic mass is 11.7. The van der Waals surface area contributed by atoms with Crippen LogP contribution in [0, 0.1) is 16.1 Å². The molecule has 0 spiro atoms. The molecule has 0 radical (unpaired) electrons. The van der Waals surface area contributed by atoms with Gasteiger partial charge in [-0.25, -0.2) is 10.2 Å². The molecule has 0 aliphatic carbocycles. The van der Waals surface area contributed by atoms with Gasteiger partial charge in [0.05, 0.1) is 0 Å². The summed E-state index contributed by atoms with van der Waals surface area (Å²) in [6.45, 7) is 0. The van der Waals surface area contributed by atoms with Gasteiger partial charge in [0.1, 0.15) is 5.40 Å². The molecule has 0 bridgehead atoms. The van der Waals surface area contributed by atoms with Gasteiger partial charge in [0, 0.05) is 0 Å². The van der Waals surface area contributed by atoms with E-state index in [1.807, 2.05) is 0 Å². The van der Waals surface area contributed by atoms with E-state index in [0.717, 1.165) is 6.08 Å². The van der Waals surface area contributed by atoms with Crippen LogP contribution >= 0.6 is 12.6 Å². The Morgan fingerprint density at radius 2 is 2.33 bits per heavy atom. The number of thiocyanates is 1. The summed E-state index contributed by atoms with van der Waals surface area (Å²) in [5.74, 6) is 0. The first-order valence-electron chi connectivity index (χ1n) is 1.32. The van der Waals surface area contributed by atoms with Gasteiger partial charge in [0.15, 0.2) is 0 Å². The molecule has 0 aromatic heterocycles. The summed E-state index contributed by atoms with van der Waals surface area (Å²) < 4.78 is 5.65. The second-order valence-corrected chi connectivity index (χ2v) is 0.391. The first kappa shape index (κ1) is 5.22. The van der Waals surface area contributed by atoms with Crippen molar-refractivity contribution in [3.63, 3.8) is 0 Å². The van der Waals surface area contributed by atoms with Gasteiger partial charge in [0.25, 0.3) is 0 Å². The van der Waals surface area contributed by atoms with Crippen molar-refractivity contribution >= 4 is 18.7 Å². The van der Waals surface area contributed by atoms with Crippen molar-refractivity contribution in [2.45, 2.75) is 0 Å². The van der Waals surface area contributed by atoms with Crippen molar-refractivity contribution in [1.29, 1.82) is 10.7 Å². The Morgan fingerprint density at radius 3 is 2.33 bits per heavy atom. The largest absolute Gasteiger partial charge is 0.231 e. The van der Waals surface area contributed by atoms with Crippen LogP contribution in [0.3, 0.4) is 0 Å². The molecule has 0 fully saturated rings. The summed E-state index contributed by atoms with van der Waals surface area (Å²) in [5, 5.41) is 10.8. The Morgan fingerprint density at radius 1 is 2.17 bits per heavy atom. The lowest BCUT2D eigenvalue weighted by Crippen LogP contribution is -1.16. The van der Waals surface area contributed by atoms with E-state index in [1.165, 1.54) is 5.40 Å². The van der Waals surface area contributed by atoms with Crippen molar-refractivity contribution in [2.24, 2.45) is 0 Å². The Balaban J connectivity index is 0. The quantitative estimate of drug-likeness (QED) is 0.200. The van der Waals surface area contributed by atoms with Gasteiger partial charge in [-0.1, -0.05) is 12.6 Å². The van der Waals surface area contributed by atoms with Gasteiger partial charge >= 0.3 is 0 Å². The zero-order valence-electron chi connectivity index (χ0n) is 3.75. The normalized spacial score (nSPS) is 4.33. The number of hydrogen-bond donors (Lipinski definition) is 2. The standard InChI is InChI=1S/CHNO.CHNS/c2*2-1-3/h2H;3H/i/hD. The zero-order chi connectivity index (χ0) is 6.12. The summed E-state index contributed by atoms with van der Waals surface area (Å²) >= 11 is 3.09. The Bertz CT molecular complexity index is 103. The van der Waals surface area contributed by atoms with Crippen molar-refractivity contribution in [1.82, 2.24) is 0 Å². The van der Waals surface area contributed by atoms with Crippen LogP contribution < -0.4 is 0 Å². The average Bonchev–Trinajstić information content (AvgIpc) is 1.69. The molecule has 3 nitrogen and oxygen atoms in total. The van der Waals surface area contributed by atoms with Gasteiger partial charge in [-0.3, -0.25) is 0 Å². The molecule has 0 rings (SSSR count). The number of hydrogen-bond acceptors (Lipinski definition) is 4. The van der Waals surface area contributed by atoms with Crippen molar-refractivity contribution < 1.29 is 6.21 Å². The monoisotopic (exact) mass is 103 g/mol. The third kappa shape index (κ3) is 26.1. The van der Waals surface area contributed by atoms with Crippen LogP contribution in [0.15, 0.2) is 0 Å². The van der Waals surface area contributed by atoms with Crippen LogP contribution in [0.4, 0.5) is 0 Å². The molecule has 32 valence electrons.